The second kappa shape index (κ2) is 12.5. The van der Waals surface area contributed by atoms with Crippen LogP contribution in [0.15, 0.2) is 77.3 Å². The van der Waals surface area contributed by atoms with Gasteiger partial charge in [0.2, 0.25) is 11.8 Å². The van der Waals surface area contributed by atoms with Gasteiger partial charge in [-0.1, -0.05) is 59.8 Å². The quantitative estimate of drug-likeness (QED) is 0.340. The van der Waals surface area contributed by atoms with Crippen LogP contribution in [0, 0.1) is 11.3 Å². The molecule has 0 bridgehead atoms. The first kappa shape index (κ1) is 27.8. The second-order valence-electron chi connectivity index (χ2n) is 8.50. The lowest BCUT2D eigenvalue weighted by Gasteiger charge is -2.25. The number of rotatable bonds is 9. The summed E-state index contributed by atoms with van der Waals surface area (Å²) in [5, 5.41) is 16.1. The Morgan fingerprint density at radius 1 is 1.08 bits per heavy atom. The molecule has 1 atom stereocenters. The number of hydrogen-bond acceptors (Lipinski definition) is 7. The number of carbonyl (C=O) groups excluding carboxylic acids is 3. The number of nitrogens with zero attached hydrogens (tertiary/aromatic N) is 1. The Kier molecular flexibility index (Phi) is 8.92. The van der Waals surface area contributed by atoms with E-state index in [1.165, 1.54) is 20.3 Å². The molecule has 2 amide bonds. The first-order valence-electron chi connectivity index (χ1n) is 11.8. The zero-order valence-corrected chi connectivity index (χ0v) is 22.7. The number of anilines is 1. The minimum Gasteiger partial charge on any atom is -0.493 e. The van der Waals surface area contributed by atoms with Gasteiger partial charge in [0, 0.05) is 28.5 Å². The highest BCUT2D eigenvalue weighted by Gasteiger charge is 2.30. The maximum absolute atomic E-state index is 13.1. The summed E-state index contributed by atoms with van der Waals surface area (Å²) in [7, 11) is 3.03. The van der Waals surface area contributed by atoms with Crippen LogP contribution in [-0.4, -0.2) is 37.6 Å². The molecule has 3 aromatic rings. The van der Waals surface area contributed by atoms with Crippen molar-refractivity contribution >= 4 is 46.6 Å². The number of amides is 2. The fraction of sp³-hybridized carbons (Fsp3) is 0.172. The van der Waals surface area contributed by atoms with Crippen LogP contribution in [0.2, 0.25) is 5.02 Å². The topological polar surface area (TPSA) is 118 Å². The number of nitrogens with one attached hydrogen (secondary N) is 2. The van der Waals surface area contributed by atoms with Gasteiger partial charge in [0.05, 0.1) is 42.3 Å². The van der Waals surface area contributed by atoms with Crippen molar-refractivity contribution in [2.24, 2.45) is 0 Å². The number of hydrogen-bond donors (Lipinski definition) is 2. The molecule has 4 rings (SSSR count). The smallest absolute Gasteiger partial charge is 0.234 e. The van der Waals surface area contributed by atoms with Gasteiger partial charge in [-0.05, 0) is 35.9 Å². The molecule has 0 aliphatic carbocycles. The summed E-state index contributed by atoms with van der Waals surface area (Å²) in [6, 6.07) is 20.7. The normalized spacial score (nSPS) is 14.7. The van der Waals surface area contributed by atoms with Crippen LogP contribution in [0.1, 0.15) is 33.8 Å². The van der Waals surface area contributed by atoms with Crippen molar-refractivity contribution in [2.75, 3.05) is 25.3 Å². The molecule has 1 aliphatic rings. The van der Waals surface area contributed by atoms with Crippen molar-refractivity contribution < 1.29 is 23.9 Å². The number of carbonyl (C=O) groups is 3. The average molecular weight is 562 g/mol. The molecule has 198 valence electrons. The number of ketones is 1. The molecule has 8 nitrogen and oxygen atoms in total. The number of methoxy groups -OCH3 is 2. The summed E-state index contributed by atoms with van der Waals surface area (Å²) in [4.78, 5) is 38.5. The highest BCUT2D eigenvalue weighted by atomic mass is 35.5. The molecule has 0 fully saturated rings. The molecular weight excluding hydrogens is 538 g/mol. The SMILES string of the molecule is COc1ccc(C2CC(=O)NC(SCC(=O)Nc3ccc(Cl)cc3C(=O)c3ccccc3)=C2C#N)cc1OC. The van der Waals surface area contributed by atoms with Crippen molar-refractivity contribution in [1.82, 2.24) is 5.32 Å². The van der Waals surface area contributed by atoms with E-state index in [1.54, 1.807) is 60.7 Å². The van der Waals surface area contributed by atoms with Crippen LogP contribution in [0.4, 0.5) is 5.69 Å². The van der Waals surface area contributed by atoms with E-state index >= 15 is 0 Å². The van der Waals surface area contributed by atoms with E-state index in [9.17, 15) is 19.6 Å². The lowest BCUT2D eigenvalue weighted by Crippen LogP contribution is -2.31. The zero-order valence-electron chi connectivity index (χ0n) is 21.1. The van der Waals surface area contributed by atoms with Crippen molar-refractivity contribution in [1.29, 1.82) is 5.26 Å². The molecule has 10 heteroatoms. The summed E-state index contributed by atoms with van der Waals surface area (Å²) in [5.74, 6) is -0.588. The Labute approximate surface area is 234 Å². The lowest BCUT2D eigenvalue weighted by atomic mass is 9.87. The van der Waals surface area contributed by atoms with E-state index < -0.39 is 11.8 Å². The molecule has 0 spiro atoms. The summed E-state index contributed by atoms with van der Waals surface area (Å²) < 4.78 is 10.7. The molecule has 0 radical (unpaired) electrons. The van der Waals surface area contributed by atoms with Crippen LogP contribution in [0.5, 0.6) is 11.5 Å². The van der Waals surface area contributed by atoms with Gasteiger partial charge in [0.1, 0.15) is 0 Å². The molecular formula is C29H24ClN3O5S. The lowest BCUT2D eigenvalue weighted by molar-refractivity contribution is -0.121. The molecule has 1 aliphatic heterocycles. The Morgan fingerprint density at radius 2 is 1.82 bits per heavy atom. The zero-order chi connectivity index (χ0) is 27.9. The summed E-state index contributed by atoms with van der Waals surface area (Å²) in [5.41, 5.74) is 2.07. The van der Waals surface area contributed by atoms with Gasteiger partial charge in [-0.15, -0.1) is 0 Å². The first-order valence-corrected chi connectivity index (χ1v) is 13.2. The summed E-state index contributed by atoms with van der Waals surface area (Å²) >= 11 is 7.17. The standard InChI is InChI=1S/C29H24ClN3O5S/c1-37-24-11-8-18(12-25(24)38-2)20-14-26(34)33-29(22(20)15-31)39-16-27(35)32-23-10-9-19(30)13-21(23)28(36)17-6-4-3-5-7-17/h3-13,20H,14,16H2,1-2H3,(H,32,35)(H,33,34). The minimum atomic E-state index is -0.513. The second-order valence-corrected chi connectivity index (χ2v) is 9.92. The van der Waals surface area contributed by atoms with Gasteiger partial charge in [-0.25, -0.2) is 0 Å². The van der Waals surface area contributed by atoms with Crippen LogP contribution < -0.4 is 20.1 Å². The number of ether oxygens (including phenoxy) is 2. The Hall–Kier alpha value is -4.26. The molecule has 0 saturated carbocycles. The van der Waals surface area contributed by atoms with Gasteiger partial charge in [-0.3, -0.25) is 14.4 Å². The van der Waals surface area contributed by atoms with Crippen LogP contribution in [0.3, 0.4) is 0 Å². The van der Waals surface area contributed by atoms with E-state index in [4.69, 9.17) is 21.1 Å². The summed E-state index contributed by atoms with van der Waals surface area (Å²) in [6.07, 6.45) is 0.0738. The van der Waals surface area contributed by atoms with Gasteiger partial charge in [0.15, 0.2) is 17.3 Å². The van der Waals surface area contributed by atoms with Crippen LogP contribution in [0.25, 0.3) is 0 Å². The van der Waals surface area contributed by atoms with E-state index in [1.807, 2.05) is 0 Å². The molecule has 39 heavy (non-hydrogen) atoms. The molecule has 0 saturated heterocycles. The van der Waals surface area contributed by atoms with E-state index in [0.29, 0.717) is 43.9 Å². The summed E-state index contributed by atoms with van der Waals surface area (Å²) in [6.45, 7) is 0. The van der Waals surface area contributed by atoms with E-state index in [0.717, 1.165) is 11.8 Å². The molecule has 1 heterocycles. The van der Waals surface area contributed by atoms with Gasteiger partial charge < -0.3 is 20.1 Å². The monoisotopic (exact) mass is 561 g/mol. The number of allylic oxidation sites excluding steroid dienone is 1. The van der Waals surface area contributed by atoms with Crippen molar-refractivity contribution in [3.63, 3.8) is 0 Å². The third-order valence-electron chi connectivity index (χ3n) is 6.05. The highest BCUT2D eigenvalue weighted by molar-refractivity contribution is 8.03. The van der Waals surface area contributed by atoms with Crippen molar-refractivity contribution in [2.45, 2.75) is 12.3 Å². The van der Waals surface area contributed by atoms with Gasteiger partial charge in [-0.2, -0.15) is 5.26 Å². The predicted octanol–water partition coefficient (Wildman–Crippen LogP) is 5.30. The largest absolute Gasteiger partial charge is 0.493 e. The van der Waals surface area contributed by atoms with E-state index in [2.05, 4.69) is 16.7 Å². The first-order chi connectivity index (χ1) is 18.8. The number of nitriles is 1. The Morgan fingerprint density at radius 3 is 2.51 bits per heavy atom. The van der Waals surface area contributed by atoms with Crippen LogP contribution >= 0.6 is 23.4 Å². The fourth-order valence-corrected chi connectivity index (χ4v) is 5.22. The van der Waals surface area contributed by atoms with Crippen molar-refractivity contribution in [3.05, 3.63) is 99.0 Å². The molecule has 3 aromatic carbocycles. The molecule has 2 N–H and O–H groups in total. The molecule has 0 aromatic heterocycles. The Bertz CT molecular complexity index is 1500. The third kappa shape index (κ3) is 6.42. The Balaban J connectivity index is 1.53. The van der Waals surface area contributed by atoms with Gasteiger partial charge in [0.25, 0.3) is 0 Å². The third-order valence-corrected chi connectivity index (χ3v) is 7.30. The van der Waals surface area contributed by atoms with Crippen LogP contribution in [-0.2, 0) is 9.59 Å². The molecule has 1 unspecified atom stereocenters. The average Bonchev–Trinajstić information content (AvgIpc) is 2.96. The fourth-order valence-electron chi connectivity index (χ4n) is 4.17. The number of benzene rings is 3. The maximum atomic E-state index is 13.1. The van der Waals surface area contributed by atoms with Crippen molar-refractivity contribution in [3.8, 4) is 17.6 Å². The van der Waals surface area contributed by atoms with Gasteiger partial charge >= 0.3 is 0 Å². The maximum Gasteiger partial charge on any atom is 0.234 e. The highest BCUT2D eigenvalue weighted by Crippen LogP contribution is 2.39. The van der Waals surface area contributed by atoms with E-state index in [-0.39, 0.29) is 29.4 Å². The minimum absolute atomic E-state index is 0.0738. The number of thioether (sulfide) groups is 1. The predicted molar refractivity (Wildman–Crippen MR) is 150 cm³/mol. The number of halogens is 1.